The van der Waals surface area contributed by atoms with E-state index in [9.17, 15) is 0 Å². The van der Waals surface area contributed by atoms with Gasteiger partial charge in [0.05, 0.1) is 6.54 Å². The second kappa shape index (κ2) is 6.83. The first-order valence-corrected chi connectivity index (χ1v) is 7.69. The molecule has 0 aromatic carbocycles. The molecule has 0 atom stereocenters. The van der Waals surface area contributed by atoms with Crippen molar-refractivity contribution in [2.24, 2.45) is 27.2 Å². The summed E-state index contributed by atoms with van der Waals surface area (Å²) in [7, 11) is 1.73. The number of thiazole rings is 2. The van der Waals surface area contributed by atoms with Gasteiger partial charge in [0.15, 0.2) is 5.96 Å². The molecule has 0 unspecified atom stereocenters. The Morgan fingerprint density at radius 1 is 1.27 bits per heavy atom. The minimum Gasteiger partial charge on any atom is -0.370 e. The van der Waals surface area contributed by atoms with Crippen LogP contribution in [0.15, 0.2) is 20.7 Å². The molecule has 0 aliphatic heterocycles. The van der Waals surface area contributed by atoms with Gasteiger partial charge in [0.25, 0.3) is 0 Å². The molecule has 2 aromatic rings. The van der Waals surface area contributed by atoms with Gasteiger partial charge in [-0.25, -0.2) is 9.97 Å². The van der Waals surface area contributed by atoms with Crippen molar-refractivity contribution in [1.82, 2.24) is 14.9 Å². The second-order valence-corrected chi connectivity index (χ2v) is 5.88. The van der Waals surface area contributed by atoms with Gasteiger partial charge in [0.2, 0.25) is 17.3 Å². The summed E-state index contributed by atoms with van der Waals surface area (Å²) in [6.45, 7) is 0.451. The van der Waals surface area contributed by atoms with E-state index in [1.807, 2.05) is 10.8 Å². The third kappa shape index (κ3) is 3.90. The molecule has 0 amide bonds. The van der Waals surface area contributed by atoms with Crippen molar-refractivity contribution in [2.45, 2.75) is 6.54 Å². The monoisotopic (exact) mass is 335 g/mol. The molecule has 2 rings (SSSR count). The van der Waals surface area contributed by atoms with Crippen LogP contribution >= 0.6 is 22.7 Å². The van der Waals surface area contributed by atoms with Crippen LogP contribution in [0, 0.1) is 11.5 Å². The molecular formula is C11H13N9S2. The van der Waals surface area contributed by atoms with E-state index in [0.717, 1.165) is 10.7 Å². The average molecular weight is 335 g/mol. The van der Waals surface area contributed by atoms with Gasteiger partial charge in [0, 0.05) is 17.8 Å². The maximum Gasteiger partial charge on any atom is 0.212 e. The molecule has 22 heavy (non-hydrogen) atoms. The predicted molar refractivity (Wildman–Crippen MR) is 87.4 cm³/mol. The normalized spacial score (nSPS) is 11.0. The lowest BCUT2D eigenvalue weighted by atomic mass is 10.4. The van der Waals surface area contributed by atoms with E-state index in [-0.39, 0.29) is 11.9 Å². The summed E-state index contributed by atoms with van der Waals surface area (Å²) in [6.07, 6.45) is 1.65. The Labute approximate surface area is 134 Å². The molecule has 0 fully saturated rings. The lowest BCUT2D eigenvalue weighted by Crippen LogP contribution is -2.33. The standard InChI is InChI=1S/C11H13N9S2/c1-20(10(15)16-5-12)2-8-17-6(3-21-8)7-4-22-11(18-7)19-9(13)14/h3-4H,2H2,1H3,(H2,15,16)(H4,13,14,18,19). The van der Waals surface area contributed by atoms with Crippen molar-refractivity contribution in [3.05, 3.63) is 15.8 Å². The van der Waals surface area contributed by atoms with E-state index >= 15 is 0 Å². The smallest absolute Gasteiger partial charge is 0.212 e. The topological polar surface area (TPSA) is 156 Å². The zero-order chi connectivity index (χ0) is 16.1. The molecule has 0 spiro atoms. The third-order valence-electron chi connectivity index (χ3n) is 2.46. The highest BCUT2D eigenvalue weighted by Crippen LogP contribution is 2.27. The Kier molecular flexibility index (Phi) is 4.87. The molecule has 0 radical (unpaired) electrons. The molecule has 0 saturated heterocycles. The number of hydrogen-bond acceptors (Lipinski definition) is 7. The maximum atomic E-state index is 8.48. The summed E-state index contributed by atoms with van der Waals surface area (Å²) in [6, 6.07) is 0. The number of aliphatic imine (C=N–C) groups is 2. The van der Waals surface area contributed by atoms with Gasteiger partial charge >= 0.3 is 0 Å². The number of aromatic nitrogens is 2. The van der Waals surface area contributed by atoms with E-state index < -0.39 is 0 Å². The van der Waals surface area contributed by atoms with E-state index in [2.05, 4.69) is 20.0 Å². The molecular weight excluding hydrogens is 322 g/mol. The molecule has 6 N–H and O–H groups in total. The zero-order valence-electron chi connectivity index (χ0n) is 11.6. The van der Waals surface area contributed by atoms with Gasteiger partial charge < -0.3 is 22.1 Å². The Morgan fingerprint density at radius 3 is 2.64 bits per heavy atom. The second-order valence-electron chi connectivity index (χ2n) is 4.10. The van der Waals surface area contributed by atoms with E-state index in [0.29, 0.717) is 17.4 Å². The molecule has 11 heteroatoms. The van der Waals surface area contributed by atoms with Crippen LogP contribution in [0.2, 0.25) is 0 Å². The first-order chi connectivity index (χ1) is 10.5. The van der Waals surface area contributed by atoms with Crippen molar-refractivity contribution in [2.75, 3.05) is 7.05 Å². The van der Waals surface area contributed by atoms with Crippen molar-refractivity contribution in [3.8, 4) is 17.6 Å². The van der Waals surface area contributed by atoms with Gasteiger partial charge in [-0.1, -0.05) is 0 Å². The van der Waals surface area contributed by atoms with Gasteiger partial charge in [-0.3, -0.25) is 0 Å². The number of hydrogen-bond donors (Lipinski definition) is 3. The van der Waals surface area contributed by atoms with Crippen LogP contribution in [0.5, 0.6) is 0 Å². The molecule has 2 heterocycles. The first-order valence-electron chi connectivity index (χ1n) is 5.93. The van der Waals surface area contributed by atoms with Gasteiger partial charge in [-0.2, -0.15) is 10.3 Å². The highest BCUT2D eigenvalue weighted by molar-refractivity contribution is 7.13. The van der Waals surface area contributed by atoms with E-state index in [1.165, 1.54) is 22.7 Å². The quantitative estimate of drug-likeness (QED) is 0.414. The van der Waals surface area contributed by atoms with Crippen LogP contribution in [-0.4, -0.2) is 33.8 Å². The van der Waals surface area contributed by atoms with Gasteiger partial charge in [0.1, 0.15) is 16.4 Å². The van der Waals surface area contributed by atoms with Crippen LogP contribution in [-0.2, 0) is 6.54 Å². The lowest BCUT2D eigenvalue weighted by molar-refractivity contribution is 0.493. The lowest BCUT2D eigenvalue weighted by Gasteiger charge is -2.14. The first kappa shape index (κ1) is 15.7. The fourth-order valence-electron chi connectivity index (χ4n) is 1.47. The minimum absolute atomic E-state index is 0.0336. The highest BCUT2D eigenvalue weighted by atomic mass is 32.1. The van der Waals surface area contributed by atoms with Crippen molar-refractivity contribution < 1.29 is 0 Å². The van der Waals surface area contributed by atoms with E-state index in [1.54, 1.807) is 18.1 Å². The number of guanidine groups is 2. The summed E-state index contributed by atoms with van der Waals surface area (Å²) in [5, 5.41) is 13.5. The van der Waals surface area contributed by atoms with Crippen LogP contribution in [0.25, 0.3) is 11.4 Å². The number of rotatable bonds is 4. The largest absolute Gasteiger partial charge is 0.370 e. The Hall–Kier alpha value is -2.71. The zero-order valence-corrected chi connectivity index (χ0v) is 13.2. The summed E-state index contributed by atoms with van der Waals surface area (Å²) in [5.41, 5.74) is 17.7. The maximum absolute atomic E-state index is 8.48. The predicted octanol–water partition coefficient (Wildman–Crippen LogP) is 0.399. The molecule has 0 saturated carbocycles. The minimum atomic E-state index is -0.0336. The summed E-state index contributed by atoms with van der Waals surface area (Å²) >= 11 is 2.79. The van der Waals surface area contributed by atoms with Crippen LogP contribution in [0.1, 0.15) is 5.01 Å². The number of nitriles is 1. The molecule has 9 nitrogen and oxygen atoms in total. The third-order valence-corrected chi connectivity index (χ3v) is 4.03. The summed E-state index contributed by atoms with van der Waals surface area (Å²) < 4.78 is 0. The Bertz CT molecular complexity index is 748. The van der Waals surface area contributed by atoms with Gasteiger partial charge in [-0.15, -0.1) is 27.7 Å². The molecule has 0 aliphatic carbocycles. The van der Waals surface area contributed by atoms with Crippen LogP contribution in [0.3, 0.4) is 0 Å². The SMILES string of the molecule is CN(Cc1nc(-c2csc(N=C(N)N)n2)cs1)C(N)=NC#N. The fraction of sp³-hybridized carbons (Fsp3) is 0.182. The van der Waals surface area contributed by atoms with Crippen LogP contribution in [0.4, 0.5) is 5.13 Å². The van der Waals surface area contributed by atoms with Gasteiger partial charge in [-0.05, 0) is 0 Å². The number of nitrogens with zero attached hydrogens (tertiary/aromatic N) is 6. The molecule has 0 aliphatic rings. The highest BCUT2D eigenvalue weighted by Gasteiger charge is 2.11. The summed E-state index contributed by atoms with van der Waals surface area (Å²) in [4.78, 5) is 17.8. The average Bonchev–Trinajstić information content (AvgIpc) is 3.07. The fourth-order valence-corrected chi connectivity index (χ4v) is 3.01. The molecule has 114 valence electrons. The molecule has 0 bridgehead atoms. The van der Waals surface area contributed by atoms with E-state index in [4.69, 9.17) is 22.5 Å². The summed E-state index contributed by atoms with van der Waals surface area (Å²) in [5.74, 6) is 0.108. The Balaban J connectivity index is 2.12. The molecule has 2 aromatic heterocycles. The van der Waals surface area contributed by atoms with Crippen molar-refractivity contribution in [3.63, 3.8) is 0 Å². The number of nitrogens with two attached hydrogens (primary N) is 3. The van der Waals surface area contributed by atoms with Crippen molar-refractivity contribution in [1.29, 1.82) is 5.26 Å². The van der Waals surface area contributed by atoms with Crippen LogP contribution < -0.4 is 17.2 Å². The van der Waals surface area contributed by atoms with Crippen molar-refractivity contribution >= 4 is 39.7 Å². The Morgan fingerprint density at radius 2 is 1.95 bits per heavy atom.